The summed E-state index contributed by atoms with van der Waals surface area (Å²) in [4.78, 5) is -0.602. The summed E-state index contributed by atoms with van der Waals surface area (Å²) in [6, 6.07) is 1.57. The van der Waals surface area contributed by atoms with Gasteiger partial charge >= 0.3 is 0 Å². The van der Waals surface area contributed by atoms with Crippen molar-refractivity contribution in [2.24, 2.45) is 5.92 Å². The monoisotopic (exact) mass is 310 g/mol. The molecule has 0 spiro atoms. The minimum atomic E-state index is -4.09. The molecule has 1 rings (SSSR count). The number of rotatable bonds is 5. The maximum atomic E-state index is 13.8. The topological polar surface area (TPSA) is 92.4 Å². The van der Waals surface area contributed by atoms with Gasteiger partial charge in [-0.2, -0.15) is 0 Å². The van der Waals surface area contributed by atoms with Crippen LogP contribution in [-0.2, 0) is 10.0 Å². The molecule has 0 heterocycles. The van der Waals surface area contributed by atoms with E-state index < -0.39 is 26.8 Å². The molecule has 1 aromatic carbocycles. The summed E-state index contributed by atoms with van der Waals surface area (Å²) in [7, 11) is -4.09. The summed E-state index contributed by atoms with van der Waals surface area (Å²) in [6.45, 7) is 3.05. The van der Waals surface area contributed by atoms with E-state index in [0.717, 1.165) is 12.1 Å². The highest BCUT2D eigenvalue weighted by Crippen LogP contribution is 2.26. The van der Waals surface area contributed by atoms with Crippen LogP contribution in [0.4, 0.5) is 10.1 Å². The Labute approximate surface area is 116 Å². The van der Waals surface area contributed by atoms with Crippen molar-refractivity contribution in [3.63, 3.8) is 0 Å². The predicted molar refractivity (Wildman–Crippen MR) is 71.9 cm³/mol. The molecule has 0 saturated heterocycles. The summed E-state index contributed by atoms with van der Waals surface area (Å²) in [5.41, 5.74) is 5.51. The number of sulfonamides is 1. The molecule has 2 unspecified atom stereocenters. The SMILES string of the molecule is CC(CO)C(C)NS(=O)(=O)c1cc(N)cc(Cl)c1F. The van der Waals surface area contributed by atoms with E-state index >= 15 is 0 Å². The maximum Gasteiger partial charge on any atom is 0.243 e. The number of halogens is 2. The fraction of sp³-hybridized carbons (Fsp3) is 0.455. The Morgan fingerprint density at radius 3 is 2.58 bits per heavy atom. The highest BCUT2D eigenvalue weighted by atomic mass is 35.5. The number of hydrogen-bond donors (Lipinski definition) is 3. The lowest BCUT2D eigenvalue weighted by atomic mass is 10.1. The minimum Gasteiger partial charge on any atom is -0.399 e. The van der Waals surface area contributed by atoms with Crippen molar-refractivity contribution in [2.45, 2.75) is 24.8 Å². The fourth-order valence-corrected chi connectivity index (χ4v) is 3.13. The second-order valence-corrected chi connectivity index (χ2v) is 6.47. The van der Waals surface area contributed by atoms with Gasteiger partial charge in [0.25, 0.3) is 0 Å². The second-order valence-electron chi connectivity index (χ2n) is 4.38. The molecule has 0 aliphatic heterocycles. The molecule has 0 radical (unpaired) electrons. The van der Waals surface area contributed by atoms with Gasteiger partial charge in [-0.05, 0) is 25.0 Å². The first-order chi connectivity index (χ1) is 8.69. The molecule has 5 nitrogen and oxygen atoms in total. The Morgan fingerprint density at radius 1 is 1.47 bits per heavy atom. The predicted octanol–water partition coefficient (Wildman–Crippen LogP) is 1.36. The molecule has 0 aliphatic carbocycles. The molecule has 19 heavy (non-hydrogen) atoms. The summed E-state index contributed by atoms with van der Waals surface area (Å²) in [5, 5.41) is 8.61. The quantitative estimate of drug-likeness (QED) is 0.716. The molecule has 0 fully saturated rings. The number of anilines is 1. The third-order valence-electron chi connectivity index (χ3n) is 2.79. The van der Waals surface area contributed by atoms with Crippen molar-refractivity contribution >= 4 is 27.3 Å². The summed E-state index contributed by atoms with van der Waals surface area (Å²) < 4.78 is 40.1. The van der Waals surface area contributed by atoms with E-state index in [2.05, 4.69) is 4.72 Å². The van der Waals surface area contributed by atoms with Crippen LogP contribution in [0.2, 0.25) is 5.02 Å². The number of benzene rings is 1. The van der Waals surface area contributed by atoms with E-state index in [4.69, 9.17) is 22.4 Å². The van der Waals surface area contributed by atoms with Crippen molar-refractivity contribution in [3.05, 3.63) is 23.0 Å². The number of nitrogen functional groups attached to an aromatic ring is 1. The van der Waals surface area contributed by atoms with Crippen LogP contribution in [0.15, 0.2) is 17.0 Å². The number of aliphatic hydroxyl groups excluding tert-OH is 1. The van der Waals surface area contributed by atoms with Gasteiger partial charge in [-0.15, -0.1) is 0 Å². The molecule has 0 aromatic heterocycles. The highest BCUT2D eigenvalue weighted by molar-refractivity contribution is 7.89. The third kappa shape index (κ3) is 3.79. The second kappa shape index (κ2) is 6.04. The van der Waals surface area contributed by atoms with E-state index in [1.54, 1.807) is 13.8 Å². The maximum absolute atomic E-state index is 13.8. The molecule has 0 saturated carbocycles. The molecular weight excluding hydrogens is 295 g/mol. The Bertz CT molecular complexity index is 565. The molecule has 108 valence electrons. The van der Waals surface area contributed by atoms with Gasteiger partial charge in [0.2, 0.25) is 10.0 Å². The van der Waals surface area contributed by atoms with Crippen LogP contribution >= 0.6 is 11.6 Å². The van der Waals surface area contributed by atoms with Gasteiger partial charge in [-0.3, -0.25) is 0 Å². The Balaban J connectivity index is 3.14. The van der Waals surface area contributed by atoms with E-state index in [9.17, 15) is 12.8 Å². The highest BCUT2D eigenvalue weighted by Gasteiger charge is 2.25. The smallest absolute Gasteiger partial charge is 0.243 e. The van der Waals surface area contributed by atoms with Gasteiger partial charge in [0.15, 0.2) is 5.82 Å². The average Bonchev–Trinajstić information content (AvgIpc) is 2.31. The summed E-state index contributed by atoms with van der Waals surface area (Å²) in [5.74, 6) is -1.36. The van der Waals surface area contributed by atoms with Crippen LogP contribution in [0.25, 0.3) is 0 Å². The zero-order chi connectivity index (χ0) is 14.8. The molecule has 1 aromatic rings. The Kier molecular flexibility index (Phi) is 5.14. The number of nitrogens with one attached hydrogen (secondary N) is 1. The van der Waals surface area contributed by atoms with Gasteiger partial charge in [0.1, 0.15) is 4.90 Å². The van der Waals surface area contributed by atoms with Crippen LogP contribution < -0.4 is 10.5 Å². The van der Waals surface area contributed by atoms with Gasteiger partial charge in [0.05, 0.1) is 5.02 Å². The van der Waals surface area contributed by atoms with Crippen LogP contribution in [0.5, 0.6) is 0 Å². The lowest BCUT2D eigenvalue weighted by Crippen LogP contribution is -2.38. The van der Waals surface area contributed by atoms with Crippen molar-refractivity contribution in [3.8, 4) is 0 Å². The van der Waals surface area contributed by atoms with E-state index in [1.807, 2.05) is 0 Å². The Morgan fingerprint density at radius 2 is 2.05 bits per heavy atom. The molecular formula is C11H16ClFN2O3S. The number of aliphatic hydroxyl groups is 1. The zero-order valence-corrected chi connectivity index (χ0v) is 12.1. The number of hydrogen-bond acceptors (Lipinski definition) is 4. The van der Waals surface area contributed by atoms with Gasteiger partial charge in [-0.25, -0.2) is 17.5 Å². The first kappa shape index (κ1) is 16.2. The van der Waals surface area contributed by atoms with Crippen LogP contribution in [0.3, 0.4) is 0 Å². The third-order valence-corrected chi connectivity index (χ3v) is 4.62. The number of nitrogens with two attached hydrogens (primary N) is 1. The van der Waals surface area contributed by atoms with Gasteiger partial charge in [-0.1, -0.05) is 18.5 Å². The van der Waals surface area contributed by atoms with Crippen molar-refractivity contribution in [2.75, 3.05) is 12.3 Å². The molecule has 0 bridgehead atoms. The molecule has 2 atom stereocenters. The standard InChI is InChI=1S/C11H16ClFN2O3S/c1-6(5-16)7(2)15-19(17,18)10-4-8(14)3-9(12)11(10)13/h3-4,6-7,15-16H,5,14H2,1-2H3. The molecule has 4 N–H and O–H groups in total. The lowest BCUT2D eigenvalue weighted by Gasteiger charge is -2.19. The van der Waals surface area contributed by atoms with E-state index in [1.165, 1.54) is 0 Å². The van der Waals surface area contributed by atoms with Crippen molar-refractivity contribution in [1.29, 1.82) is 0 Å². The van der Waals surface area contributed by atoms with Gasteiger partial charge in [0, 0.05) is 18.3 Å². The van der Waals surface area contributed by atoms with Crippen LogP contribution in [0.1, 0.15) is 13.8 Å². The normalized spacial score (nSPS) is 15.2. The minimum absolute atomic E-state index is 0.0506. The van der Waals surface area contributed by atoms with Crippen molar-refractivity contribution < 1.29 is 17.9 Å². The average molecular weight is 311 g/mol. The van der Waals surface area contributed by atoms with Crippen molar-refractivity contribution in [1.82, 2.24) is 4.72 Å². The molecule has 8 heteroatoms. The van der Waals surface area contributed by atoms with Crippen LogP contribution in [0, 0.1) is 11.7 Å². The zero-order valence-electron chi connectivity index (χ0n) is 10.5. The van der Waals surface area contributed by atoms with E-state index in [-0.39, 0.29) is 23.2 Å². The first-order valence-corrected chi connectivity index (χ1v) is 7.43. The largest absolute Gasteiger partial charge is 0.399 e. The summed E-state index contributed by atoms with van der Waals surface area (Å²) >= 11 is 5.56. The first-order valence-electron chi connectivity index (χ1n) is 5.56. The van der Waals surface area contributed by atoms with E-state index in [0.29, 0.717) is 0 Å². The van der Waals surface area contributed by atoms with Gasteiger partial charge < -0.3 is 10.8 Å². The fourth-order valence-electron chi connectivity index (χ4n) is 1.36. The Hall–Kier alpha value is -0.890. The molecule has 0 amide bonds. The summed E-state index contributed by atoms with van der Waals surface area (Å²) in [6.07, 6.45) is 0. The van der Waals surface area contributed by atoms with Crippen LogP contribution in [-0.4, -0.2) is 26.2 Å². The lowest BCUT2D eigenvalue weighted by molar-refractivity contribution is 0.216. The molecule has 0 aliphatic rings.